The van der Waals surface area contributed by atoms with Gasteiger partial charge < -0.3 is 10.1 Å². The minimum absolute atomic E-state index is 0.156. The molecule has 1 N–H and O–H groups in total. The Kier molecular flexibility index (Phi) is 6.20. The van der Waals surface area contributed by atoms with Crippen LogP contribution in [0.3, 0.4) is 0 Å². The Balaban J connectivity index is 1.65. The molecule has 0 atom stereocenters. The predicted molar refractivity (Wildman–Crippen MR) is 104 cm³/mol. The number of carbonyl (C=O) groups is 1. The van der Waals surface area contributed by atoms with Crippen LogP contribution in [-0.2, 0) is 17.9 Å². The summed E-state index contributed by atoms with van der Waals surface area (Å²) < 4.78 is 42.5. The van der Waals surface area contributed by atoms with Gasteiger partial charge in [-0.05, 0) is 13.0 Å². The molecule has 9 heteroatoms. The third-order valence-corrected chi connectivity index (χ3v) is 4.22. The number of alkyl halides is 3. The molecular weight excluding hydrogens is 399 g/mol. The van der Waals surface area contributed by atoms with E-state index in [2.05, 4.69) is 15.0 Å². The minimum atomic E-state index is -4.84. The van der Waals surface area contributed by atoms with Crippen molar-refractivity contribution in [2.24, 2.45) is 0 Å². The second kappa shape index (κ2) is 8.81. The average Bonchev–Trinajstić information content (AvgIpc) is 2.68. The summed E-state index contributed by atoms with van der Waals surface area (Å²) in [5.74, 6) is -0.949. The Morgan fingerprint density at radius 2 is 1.83 bits per heavy atom. The number of nitrogens with one attached hydrogen (secondary N) is 1. The van der Waals surface area contributed by atoms with Crippen LogP contribution in [0.4, 0.5) is 13.2 Å². The van der Waals surface area contributed by atoms with Crippen molar-refractivity contribution in [3.63, 3.8) is 0 Å². The SMILES string of the molecule is Cc1ccc(-c2cc(=O)n(CC(=O)NCc3ccccc3OC(F)(F)F)cn2)cc1. The van der Waals surface area contributed by atoms with Crippen LogP contribution >= 0.6 is 0 Å². The van der Waals surface area contributed by atoms with Gasteiger partial charge in [0.1, 0.15) is 12.3 Å². The van der Waals surface area contributed by atoms with E-state index in [4.69, 9.17) is 0 Å². The number of hydrogen-bond donors (Lipinski definition) is 1. The van der Waals surface area contributed by atoms with Crippen molar-refractivity contribution in [1.29, 1.82) is 0 Å². The van der Waals surface area contributed by atoms with E-state index in [1.54, 1.807) is 0 Å². The van der Waals surface area contributed by atoms with Crippen LogP contribution in [0.5, 0.6) is 5.75 Å². The van der Waals surface area contributed by atoms with Gasteiger partial charge in [0.25, 0.3) is 5.56 Å². The molecule has 2 aromatic carbocycles. The van der Waals surface area contributed by atoms with Gasteiger partial charge in [-0.1, -0.05) is 48.0 Å². The van der Waals surface area contributed by atoms with E-state index in [1.807, 2.05) is 31.2 Å². The Hall–Kier alpha value is -3.62. The summed E-state index contributed by atoms with van der Waals surface area (Å²) in [7, 11) is 0. The van der Waals surface area contributed by atoms with E-state index in [0.717, 1.165) is 21.8 Å². The van der Waals surface area contributed by atoms with Gasteiger partial charge in [-0.2, -0.15) is 0 Å². The molecular formula is C21H18F3N3O3. The minimum Gasteiger partial charge on any atom is -0.405 e. The van der Waals surface area contributed by atoms with Gasteiger partial charge in [0.05, 0.1) is 12.0 Å². The summed E-state index contributed by atoms with van der Waals surface area (Å²) in [6, 6.07) is 14.3. The number of amides is 1. The highest BCUT2D eigenvalue weighted by atomic mass is 19.4. The summed E-state index contributed by atoms with van der Waals surface area (Å²) in [5, 5.41) is 2.48. The molecule has 1 heterocycles. The third kappa shape index (κ3) is 5.69. The van der Waals surface area contributed by atoms with Gasteiger partial charge in [0, 0.05) is 23.7 Å². The molecule has 3 aromatic rings. The van der Waals surface area contributed by atoms with Crippen molar-refractivity contribution in [2.45, 2.75) is 26.4 Å². The number of hydrogen-bond acceptors (Lipinski definition) is 4. The normalized spacial score (nSPS) is 11.2. The van der Waals surface area contributed by atoms with Gasteiger partial charge in [0.15, 0.2) is 0 Å². The van der Waals surface area contributed by atoms with Gasteiger partial charge in [-0.25, -0.2) is 4.98 Å². The molecule has 0 bridgehead atoms. The van der Waals surface area contributed by atoms with Crippen molar-refractivity contribution < 1.29 is 22.7 Å². The highest BCUT2D eigenvalue weighted by molar-refractivity contribution is 5.75. The molecule has 6 nitrogen and oxygen atoms in total. The number of nitrogens with zero attached hydrogens (tertiary/aromatic N) is 2. The molecule has 0 spiro atoms. The van der Waals surface area contributed by atoms with Crippen molar-refractivity contribution in [3.05, 3.63) is 82.4 Å². The molecule has 0 unspecified atom stereocenters. The van der Waals surface area contributed by atoms with Crippen LogP contribution in [0.25, 0.3) is 11.3 Å². The predicted octanol–water partition coefficient (Wildman–Crippen LogP) is 3.43. The molecule has 156 valence electrons. The zero-order chi connectivity index (χ0) is 21.7. The summed E-state index contributed by atoms with van der Waals surface area (Å²) in [6.07, 6.45) is -3.57. The second-order valence-corrected chi connectivity index (χ2v) is 6.54. The van der Waals surface area contributed by atoms with Crippen LogP contribution in [-0.4, -0.2) is 21.8 Å². The lowest BCUT2D eigenvalue weighted by Crippen LogP contribution is -2.32. The molecule has 0 aliphatic rings. The number of benzene rings is 2. The molecule has 0 radical (unpaired) electrons. The second-order valence-electron chi connectivity index (χ2n) is 6.54. The fourth-order valence-corrected chi connectivity index (χ4v) is 2.71. The Morgan fingerprint density at radius 1 is 1.13 bits per heavy atom. The summed E-state index contributed by atoms with van der Waals surface area (Å²) in [6.45, 7) is 1.44. The van der Waals surface area contributed by atoms with E-state index in [-0.39, 0.29) is 18.7 Å². The van der Waals surface area contributed by atoms with Gasteiger partial charge in [-0.15, -0.1) is 13.2 Å². The molecule has 0 aliphatic carbocycles. The summed E-state index contributed by atoms with van der Waals surface area (Å²) in [5.41, 5.74) is 2.07. The molecule has 0 fully saturated rings. The lowest BCUT2D eigenvalue weighted by atomic mass is 10.1. The number of rotatable bonds is 6. The lowest BCUT2D eigenvalue weighted by Gasteiger charge is -2.14. The van der Waals surface area contributed by atoms with Crippen LogP contribution in [0.15, 0.2) is 65.7 Å². The van der Waals surface area contributed by atoms with Crippen LogP contribution in [0.1, 0.15) is 11.1 Å². The topological polar surface area (TPSA) is 73.2 Å². The highest BCUT2D eigenvalue weighted by Gasteiger charge is 2.31. The van der Waals surface area contributed by atoms with Crippen molar-refractivity contribution in [2.75, 3.05) is 0 Å². The first-order valence-electron chi connectivity index (χ1n) is 8.95. The monoisotopic (exact) mass is 417 g/mol. The Labute approximate surface area is 170 Å². The zero-order valence-corrected chi connectivity index (χ0v) is 15.9. The van der Waals surface area contributed by atoms with Gasteiger partial charge in [-0.3, -0.25) is 14.2 Å². The van der Waals surface area contributed by atoms with Crippen LogP contribution in [0.2, 0.25) is 0 Å². The van der Waals surface area contributed by atoms with E-state index in [1.165, 1.54) is 30.6 Å². The van der Waals surface area contributed by atoms with Gasteiger partial charge in [0.2, 0.25) is 5.91 Å². The molecule has 1 aromatic heterocycles. The first-order chi connectivity index (χ1) is 14.2. The first-order valence-corrected chi connectivity index (χ1v) is 8.95. The van der Waals surface area contributed by atoms with Crippen molar-refractivity contribution >= 4 is 5.91 Å². The molecule has 1 amide bonds. The largest absolute Gasteiger partial charge is 0.573 e. The maximum atomic E-state index is 12.5. The fraction of sp³-hybridized carbons (Fsp3) is 0.190. The lowest BCUT2D eigenvalue weighted by molar-refractivity contribution is -0.274. The molecule has 0 aliphatic heterocycles. The zero-order valence-electron chi connectivity index (χ0n) is 15.9. The van der Waals surface area contributed by atoms with E-state index < -0.39 is 23.6 Å². The van der Waals surface area contributed by atoms with Gasteiger partial charge >= 0.3 is 6.36 Å². The number of aryl methyl sites for hydroxylation is 1. The number of carbonyl (C=O) groups excluding carboxylic acids is 1. The molecule has 30 heavy (non-hydrogen) atoms. The van der Waals surface area contributed by atoms with E-state index in [0.29, 0.717) is 5.69 Å². The summed E-state index contributed by atoms with van der Waals surface area (Å²) in [4.78, 5) is 28.7. The number of halogens is 3. The maximum absolute atomic E-state index is 12.5. The number of aromatic nitrogens is 2. The van der Waals surface area contributed by atoms with Crippen molar-refractivity contribution in [1.82, 2.24) is 14.9 Å². The Bertz CT molecular complexity index is 1090. The smallest absolute Gasteiger partial charge is 0.405 e. The highest BCUT2D eigenvalue weighted by Crippen LogP contribution is 2.26. The summed E-state index contributed by atoms with van der Waals surface area (Å²) >= 11 is 0. The standard InChI is InChI=1S/C21H18F3N3O3/c1-14-6-8-15(9-7-14)17-10-20(29)27(13-26-17)12-19(28)25-11-16-4-2-3-5-18(16)30-21(22,23)24/h2-10,13H,11-12H2,1H3,(H,25,28). The number of para-hydroxylation sites is 1. The van der Waals surface area contributed by atoms with Crippen LogP contribution < -0.4 is 15.6 Å². The number of ether oxygens (including phenoxy) is 1. The third-order valence-electron chi connectivity index (χ3n) is 4.22. The fourth-order valence-electron chi connectivity index (χ4n) is 2.71. The average molecular weight is 417 g/mol. The van der Waals surface area contributed by atoms with E-state index in [9.17, 15) is 22.8 Å². The van der Waals surface area contributed by atoms with Crippen LogP contribution in [0, 0.1) is 6.92 Å². The molecule has 0 saturated carbocycles. The Morgan fingerprint density at radius 3 is 2.50 bits per heavy atom. The maximum Gasteiger partial charge on any atom is 0.573 e. The molecule has 0 saturated heterocycles. The van der Waals surface area contributed by atoms with Crippen molar-refractivity contribution in [3.8, 4) is 17.0 Å². The first kappa shape index (κ1) is 21.1. The van der Waals surface area contributed by atoms with E-state index >= 15 is 0 Å². The quantitative estimate of drug-likeness (QED) is 0.667. The molecule has 3 rings (SSSR count).